The monoisotopic (exact) mass is 272 g/mol. The fourth-order valence-electron chi connectivity index (χ4n) is 1.88. The summed E-state index contributed by atoms with van der Waals surface area (Å²) in [5.74, 6) is 0. The molecule has 4 nitrogen and oxygen atoms in total. The first-order valence-electron chi connectivity index (χ1n) is 7.55. The summed E-state index contributed by atoms with van der Waals surface area (Å²) in [6, 6.07) is 0.667. The molecule has 0 spiro atoms. The maximum atomic E-state index is 11.7. The Morgan fingerprint density at radius 3 is 2.11 bits per heavy atom. The maximum absolute atomic E-state index is 11.7. The first-order valence-corrected chi connectivity index (χ1v) is 7.55. The zero-order valence-corrected chi connectivity index (χ0v) is 13.5. The first kappa shape index (κ1) is 18.2. The SMILES string of the molecule is CCCC(CC)NCC(CC)NC(=O)OC(C)(C)C. The Labute approximate surface area is 118 Å². The minimum atomic E-state index is -0.441. The second-order valence-electron chi connectivity index (χ2n) is 6.05. The second kappa shape index (κ2) is 9.18. The molecule has 0 aliphatic rings. The Hall–Kier alpha value is -0.770. The molecule has 1 amide bonds. The van der Waals surface area contributed by atoms with Crippen LogP contribution in [0.4, 0.5) is 4.79 Å². The number of alkyl carbamates (subject to hydrolysis) is 1. The third-order valence-corrected chi connectivity index (χ3v) is 3.00. The quantitative estimate of drug-likeness (QED) is 0.711. The van der Waals surface area contributed by atoms with Crippen molar-refractivity contribution in [2.24, 2.45) is 0 Å². The van der Waals surface area contributed by atoms with E-state index in [1.165, 1.54) is 12.8 Å². The summed E-state index contributed by atoms with van der Waals surface area (Å²) < 4.78 is 5.27. The van der Waals surface area contributed by atoms with Gasteiger partial charge in [-0.1, -0.05) is 27.2 Å². The van der Waals surface area contributed by atoms with E-state index in [0.717, 1.165) is 19.4 Å². The number of carbonyl (C=O) groups is 1. The van der Waals surface area contributed by atoms with Gasteiger partial charge < -0.3 is 15.4 Å². The molecule has 0 rings (SSSR count). The molecule has 4 heteroatoms. The average molecular weight is 272 g/mol. The molecule has 0 saturated heterocycles. The Morgan fingerprint density at radius 2 is 1.68 bits per heavy atom. The van der Waals surface area contributed by atoms with Crippen molar-refractivity contribution >= 4 is 6.09 Å². The maximum Gasteiger partial charge on any atom is 0.407 e. The molecular weight excluding hydrogens is 240 g/mol. The molecule has 0 aromatic carbocycles. The number of carbonyl (C=O) groups excluding carboxylic acids is 1. The van der Waals surface area contributed by atoms with Gasteiger partial charge in [0.1, 0.15) is 5.60 Å². The van der Waals surface area contributed by atoms with Gasteiger partial charge in [-0.2, -0.15) is 0 Å². The molecule has 0 saturated carbocycles. The van der Waals surface area contributed by atoms with Crippen LogP contribution >= 0.6 is 0 Å². The van der Waals surface area contributed by atoms with Gasteiger partial charge in [0.25, 0.3) is 0 Å². The fourth-order valence-corrected chi connectivity index (χ4v) is 1.88. The molecule has 0 radical (unpaired) electrons. The molecule has 0 fully saturated rings. The molecule has 19 heavy (non-hydrogen) atoms. The molecule has 2 atom stereocenters. The lowest BCUT2D eigenvalue weighted by atomic mass is 10.1. The molecule has 0 aromatic rings. The summed E-state index contributed by atoms with van der Waals surface area (Å²) in [6.45, 7) is 12.9. The number of hydrogen-bond acceptors (Lipinski definition) is 3. The lowest BCUT2D eigenvalue weighted by Crippen LogP contribution is -2.46. The normalized spacial score (nSPS) is 14.8. The van der Waals surface area contributed by atoms with Crippen LogP contribution in [0, 0.1) is 0 Å². The standard InChI is InChI=1S/C15H32N2O2/c1-7-10-12(8-2)16-11-13(9-3)17-14(18)19-15(4,5)6/h12-13,16H,7-11H2,1-6H3,(H,17,18). The van der Waals surface area contributed by atoms with Gasteiger partial charge in [0, 0.05) is 18.6 Å². The van der Waals surface area contributed by atoms with Crippen LogP contribution in [-0.4, -0.2) is 30.3 Å². The van der Waals surface area contributed by atoms with Gasteiger partial charge in [0.2, 0.25) is 0 Å². The van der Waals surface area contributed by atoms with E-state index in [1.54, 1.807) is 0 Å². The lowest BCUT2D eigenvalue weighted by molar-refractivity contribution is 0.0501. The summed E-state index contributed by atoms with van der Waals surface area (Å²) >= 11 is 0. The third-order valence-electron chi connectivity index (χ3n) is 3.00. The van der Waals surface area contributed by atoms with Gasteiger partial charge in [0.15, 0.2) is 0 Å². The van der Waals surface area contributed by atoms with E-state index in [2.05, 4.69) is 31.4 Å². The third kappa shape index (κ3) is 9.77. The van der Waals surface area contributed by atoms with Crippen molar-refractivity contribution in [1.82, 2.24) is 10.6 Å². The molecule has 0 heterocycles. The summed E-state index contributed by atoms with van der Waals surface area (Å²) in [5.41, 5.74) is -0.441. The van der Waals surface area contributed by atoms with Gasteiger partial charge in [-0.25, -0.2) is 4.79 Å². The van der Waals surface area contributed by atoms with E-state index in [-0.39, 0.29) is 12.1 Å². The van der Waals surface area contributed by atoms with Crippen molar-refractivity contribution < 1.29 is 9.53 Å². The molecule has 0 aliphatic heterocycles. The predicted octanol–water partition coefficient (Wildman–Crippen LogP) is 3.46. The Balaban J connectivity index is 4.10. The van der Waals surface area contributed by atoms with Crippen molar-refractivity contribution in [3.05, 3.63) is 0 Å². The first-order chi connectivity index (χ1) is 8.82. The van der Waals surface area contributed by atoms with Gasteiger partial charge >= 0.3 is 6.09 Å². The highest BCUT2D eigenvalue weighted by molar-refractivity contribution is 5.68. The summed E-state index contributed by atoms with van der Waals surface area (Å²) in [4.78, 5) is 11.7. The highest BCUT2D eigenvalue weighted by Gasteiger charge is 2.19. The van der Waals surface area contributed by atoms with Crippen LogP contribution in [-0.2, 0) is 4.74 Å². The zero-order valence-electron chi connectivity index (χ0n) is 13.5. The number of ether oxygens (including phenoxy) is 1. The van der Waals surface area contributed by atoms with Crippen LogP contribution in [0.25, 0.3) is 0 Å². The van der Waals surface area contributed by atoms with E-state index in [4.69, 9.17) is 4.74 Å². The van der Waals surface area contributed by atoms with Crippen molar-refractivity contribution in [3.63, 3.8) is 0 Å². The van der Waals surface area contributed by atoms with Gasteiger partial charge in [-0.15, -0.1) is 0 Å². The molecule has 2 unspecified atom stereocenters. The van der Waals surface area contributed by atoms with E-state index in [9.17, 15) is 4.79 Å². The largest absolute Gasteiger partial charge is 0.444 e. The van der Waals surface area contributed by atoms with Crippen LogP contribution in [0.15, 0.2) is 0 Å². The van der Waals surface area contributed by atoms with Crippen LogP contribution in [0.5, 0.6) is 0 Å². The smallest absolute Gasteiger partial charge is 0.407 e. The van der Waals surface area contributed by atoms with Crippen LogP contribution < -0.4 is 10.6 Å². The molecular formula is C15H32N2O2. The molecule has 2 N–H and O–H groups in total. The molecule has 0 aliphatic carbocycles. The summed E-state index contributed by atoms with van der Waals surface area (Å²) in [5, 5.41) is 6.44. The highest BCUT2D eigenvalue weighted by Crippen LogP contribution is 2.07. The summed E-state index contributed by atoms with van der Waals surface area (Å²) in [7, 11) is 0. The minimum absolute atomic E-state index is 0.126. The Bertz CT molecular complexity index is 249. The van der Waals surface area contributed by atoms with Gasteiger partial charge in [-0.05, 0) is 40.0 Å². The van der Waals surface area contributed by atoms with Gasteiger partial charge in [-0.3, -0.25) is 0 Å². The topological polar surface area (TPSA) is 50.4 Å². The van der Waals surface area contributed by atoms with E-state index >= 15 is 0 Å². The van der Waals surface area contributed by atoms with Crippen molar-refractivity contribution in [2.75, 3.05) is 6.54 Å². The predicted molar refractivity (Wildman–Crippen MR) is 80.4 cm³/mol. The number of rotatable bonds is 8. The van der Waals surface area contributed by atoms with Crippen molar-refractivity contribution in [3.8, 4) is 0 Å². The average Bonchev–Trinajstić information content (AvgIpc) is 2.30. The van der Waals surface area contributed by atoms with E-state index in [1.807, 2.05) is 20.8 Å². The second-order valence-corrected chi connectivity index (χ2v) is 6.05. The lowest BCUT2D eigenvalue weighted by Gasteiger charge is -2.25. The number of hydrogen-bond donors (Lipinski definition) is 2. The summed E-state index contributed by atoms with van der Waals surface area (Å²) in [6.07, 6.45) is 4.05. The van der Waals surface area contributed by atoms with Crippen LogP contribution in [0.1, 0.15) is 67.2 Å². The molecule has 0 aromatic heterocycles. The van der Waals surface area contributed by atoms with Crippen LogP contribution in [0.3, 0.4) is 0 Å². The van der Waals surface area contributed by atoms with E-state index in [0.29, 0.717) is 6.04 Å². The molecule has 114 valence electrons. The van der Waals surface area contributed by atoms with Crippen molar-refractivity contribution in [1.29, 1.82) is 0 Å². The Morgan fingerprint density at radius 1 is 1.11 bits per heavy atom. The van der Waals surface area contributed by atoms with Crippen LogP contribution in [0.2, 0.25) is 0 Å². The highest BCUT2D eigenvalue weighted by atomic mass is 16.6. The number of nitrogens with one attached hydrogen (secondary N) is 2. The Kier molecular flexibility index (Phi) is 8.81. The van der Waals surface area contributed by atoms with Crippen molar-refractivity contribution in [2.45, 2.75) is 84.9 Å². The number of amides is 1. The zero-order chi connectivity index (χ0) is 14.9. The van der Waals surface area contributed by atoms with E-state index < -0.39 is 5.60 Å². The van der Waals surface area contributed by atoms with Gasteiger partial charge in [0.05, 0.1) is 0 Å². The molecule has 0 bridgehead atoms. The fraction of sp³-hybridized carbons (Fsp3) is 0.933. The minimum Gasteiger partial charge on any atom is -0.444 e.